The molecule has 2 N–H and O–H groups in total. The van der Waals surface area contributed by atoms with Crippen LogP contribution in [0.4, 0.5) is 4.79 Å². The van der Waals surface area contributed by atoms with Crippen LogP contribution in [0.2, 0.25) is 0 Å². The second-order valence-corrected chi connectivity index (χ2v) is 6.88. The van der Waals surface area contributed by atoms with Gasteiger partial charge in [0.1, 0.15) is 0 Å². The molecule has 0 aromatic rings. The summed E-state index contributed by atoms with van der Waals surface area (Å²) in [4.78, 5) is 11.3. The summed E-state index contributed by atoms with van der Waals surface area (Å²) >= 11 is 0. The molecule has 2 heterocycles. The third-order valence-corrected chi connectivity index (χ3v) is 5.42. The Hall–Kier alpha value is -0.860. The number of carbonyl (C=O) groups is 1. The van der Waals surface area contributed by atoms with Crippen molar-refractivity contribution in [3.8, 4) is 0 Å². The van der Waals surface area contributed by atoms with Crippen molar-refractivity contribution in [1.82, 2.24) is 14.3 Å². The summed E-state index contributed by atoms with van der Waals surface area (Å²) in [6, 6.07) is -0.0188. The molecule has 116 valence electrons. The van der Waals surface area contributed by atoms with Gasteiger partial charge in [-0.2, -0.15) is 12.7 Å². The lowest BCUT2D eigenvalue weighted by Crippen LogP contribution is -2.50. The lowest BCUT2D eigenvalue weighted by Gasteiger charge is -2.33. The van der Waals surface area contributed by atoms with Gasteiger partial charge in [-0.05, 0) is 51.6 Å². The van der Waals surface area contributed by atoms with Gasteiger partial charge < -0.3 is 10.1 Å². The summed E-state index contributed by atoms with van der Waals surface area (Å²) in [6.45, 7) is 4.10. The van der Waals surface area contributed by atoms with Gasteiger partial charge in [0.2, 0.25) is 0 Å². The van der Waals surface area contributed by atoms with Gasteiger partial charge in [0.25, 0.3) is 0 Å². The molecule has 0 aromatic heterocycles. The Morgan fingerprint density at radius 2 is 2.20 bits per heavy atom. The Morgan fingerprint density at radius 3 is 2.85 bits per heavy atom. The van der Waals surface area contributed by atoms with Crippen molar-refractivity contribution < 1.29 is 17.9 Å². The third-order valence-electron chi connectivity index (χ3n) is 3.92. The van der Waals surface area contributed by atoms with Crippen LogP contribution in [-0.2, 0) is 14.9 Å². The second-order valence-electron chi connectivity index (χ2n) is 5.25. The maximum absolute atomic E-state index is 12.3. The molecular weight excluding hydrogens is 282 g/mol. The van der Waals surface area contributed by atoms with Gasteiger partial charge in [-0.15, -0.1) is 0 Å². The highest BCUT2D eigenvalue weighted by atomic mass is 32.2. The first kappa shape index (κ1) is 15.5. The van der Waals surface area contributed by atoms with E-state index in [0.717, 1.165) is 38.8 Å². The molecule has 2 rings (SSSR count). The Kier molecular flexibility index (Phi) is 5.22. The maximum atomic E-state index is 12.3. The maximum Gasteiger partial charge on any atom is 0.421 e. The normalized spacial score (nSPS) is 28.2. The lowest BCUT2D eigenvalue weighted by atomic mass is 9.91. The standard InChI is InChI=1S/C12H23N3O4S/c1-2-19-12(16)14-20(17,18)15-8-4-6-11(15)10-5-3-7-13-9-10/h10-11,13H,2-9H2,1H3,(H,14,16). The molecule has 20 heavy (non-hydrogen) atoms. The number of carbonyl (C=O) groups excluding carboxylic acids is 1. The first-order chi connectivity index (χ1) is 9.54. The molecule has 8 heteroatoms. The number of ether oxygens (including phenoxy) is 1. The van der Waals surface area contributed by atoms with Crippen LogP contribution < -0.4 is 10.0 Å². The number of piperidine rings is 1. The average molecular weight is 305 g/mol. The molecule has 2 unspecified atom stereocenters. The number of nitrogens with one attached hydrogen (secondary N) is 2. The number of hydrogen-bond donors (Lipinski definition) is 2. The van der Waals surface area contributed by atoms with Crippen LogP contribution in [0.1, 0.15) is 32.6 Å². The highest BCUT2D eigenvalue weighted by Crippen LogP contribution is 2.29. The van der Waals surface area contributed by atoms with Crippen LogP contribution in [0, 0.1) is 5.92 Å². The van der Waals surface area contributed by atoms with Gasteiger partial charge in [0, 0.05) is 12.6 Å². The SMILES string of the molecule is CCOC(=O)NS(=O)(=O)N1CCCC1C1CCCNC1. The van der Waals surface area contributed by atoms with E-state index in [1.807, 2.05) is 4.72 Å². The molecule has 2 aliphatic rings. The largest absolute Gasteiger partial charge is 0.449 e. The number of amides is 1. The van der Waals surface area contributed by atoms with E-state index in [9.17, 15) is 13.2 Å². The van der Waals surface area contributed by atoms with Crippen molar-refractivity contribution in [3.63, 3.8) is 0 Å². The fourth-order valence-electron chi connectivity index (χ4n) is 3.07. The van der Waals surface area contributed by atoms with E-state index in [2.05, 4.69) is 10.1 Å². The van der Waals surface area contributed by atoms with Crippen molar-refractivity contribution in [2.24, 2.45) is 5.92 Å². The molecule has 2 saturated heterocycles. The molecule has 0 aromatic carbocycles. The summed E-state index contributed by atoms with van der Waals surface area (Å²) in [5.74, 6) is 0.324. The molecule has 1 amide bonds. The van der Waals surface area contributed by atoms with Crippen molar-refractivity contribution in [2.75, 3.05) is 26.2 Å². The second kappa shape index (κ2) is 6.73. The number of rotatable bonds is 4. The van der Waals surface area contributed by atoms with E-state index < -0.39 is 16.3 Å². The molecular formula is C12H23N3O4S. The first-order valence-corrected chi connectivity index (χ1v) is 8.65. The minimum Gasteiger partial charge on any atom is -0.449 e. The van der Waals surface area contributed by atoms with Crippen molar-refractivity contribution in [2.45, 2.75) is 38.6 Å². The van der Waals surface area contributed by atoms with Gasteiger partial charge in [-0.1, -0.05) is 0 Å². The van der Waals surface area contributed by atoms with Gasteiger partial charge in [-0.3, -0.25) is 0 Å². The van der Waals surface area contributed by atoms with Crippen molar-refractivity contribution in [1.29, 1.82) is 0 Å². The van der Waals surface area contributed by atoms with Crippen LogP contribution in [0.15, 0.2) is 0 Å². The predicted molar refractivity (Wildman–Crippen MR) is 74.4 cm³/mol. The fourth-order valence-corrected chi connectivity index (χ4v) is 4.46. The molecule has 0 bridgehead atoms. The molecule has 7 nitrogen and oxygen atoms in total. The Balaban J connectivity index is 2.03. The number of hydrogen-bond acceptors (Lipinski definition) is 5. The lowest BCUT2D eigenvalue weighted by molar-refractivity contribution is 0.157. The molecule has 0 saturated carbocycles. The summed E-state index contributed by atoms with van der Waals surface area (Å²) in [5, 5.41) is 3.31. The Labute approximate surface area is 120 Å². The smallest absolute Gasteiger partial charge is 0.421 e. The van der Waals surface area contributed by atoms with E-state index in [1.54, 1.807) is 6.92 Å². The molecule has 0 aliphatic carbocycles. The number of nitrogens with zero attached hydrogens (tertiary/aromatic N) is 1. The van der Waals surface area contributed by atoms with Crippen LogP contribution >= 0.6 is 0 Å². The van der Waals surface area contributed by atoms with Crippen LogP contribution in [-0.4, -0.2) is 51.1 Å². The summed E-state index contributed by atoms with van der Waals surface area (Å²) in [7, 11) is -3.80. The molecule has 2 fully saturated rings. The predicted octanol–water partition coefficient (Wildman–Crippen LogP) is 0.441. The van der Waals surface area contributed by atoms with Crippen LogP contribution in [0.3, 0.4) is 0 Å². The minimum absolute atomic E-state index is 0.0188. The van der Waals surface area contributed by atoms with Crippen molar-refractivity contribution in [3.05, 3.63) is 0 Å². The van der Waals surface area contributed by atoms with Gasteiger partial charge in [0.15, 0.2) is 0 Å². The Bertz CT molecular complexity index is 434. The highest BCUT2D eigenvalue weighted by molar-refractivity contribution is 7.87. The highest BCUT2D eigenvalue weighted by Gasteiger charge is 2.39. The average Bonchev–Trinajstić information content (AvgIpc) is 2.89. The molecule has 0 spiro atoms. The van der Waals surface area contributed by atoms with E-state index in [4.69, 9.17) is 0 Å². The molecule has 2 atom stereocenters. The van der Waals surface area contributed by atoms with Crippen molar-refractivity contribution >= 4 is 16.3 Å². The zero-order valence-electron chi connectivity index (χ0n) is 11.8. The van der Waals surface area contributed by atoms with Gasteiger partial charge >= 0.3 is 16.3 Å². The van der Waals surface area contributed by atoms with Gasteiger partial charge in [-0.25, -0.2) is 9.52 Å². The zero-order valence-corrected chi connectivity index (χ0v) is 12.6. The fraction of sp³-hybridized carbons (Fsp3) is 0.917. The summed E-state index contributed by atoms with van der Waals surface area (Å²) in [5.41, 5.74) is 0. The van der Waals surface area contributed by atoms with E-state index in [0.29, 0.717) is 12.5 Å². The van der Waals surface area contributed by atoms with Crippen LogP contribution in [0.5, 0.6) is 0 Å². The van der Waals surface area contributed by atoms with E-state index >= 15 is 0 Å². The summed E-state index contributed by atoms with van der Waals surface area (Å²) < 4.78 is 32.6. The van der Waals surface area contributed by atoms with E-state index in [-0.39, 0.29) is 12.6 Å². The third kappa shape index (κ3) is 3.62. The Morgan fingerprint density at radius 1 is 1.40 bits per heavy atom. The zero-order chi connectivity index (χ0) is 14.6. The first-order valence-electron chi connectivity index (χ1n) is 7.21. The topological polar surface area (TPSA) is 87.7 Å². The molecule has 0 radical (unpaired) electrons. The monoisotopic (exact) mass is 305 g/mol. The van der Waals surface area contributed by atoms with Gasteiger partial charge in [0.05, 0.1) is 6.61 Å². The summed E-state index contributed by atoms with van der Waals surface area (Å²) in [6.07, 6.45) is 2.89. The molecule has 2 aliphatic heterocycles. The minimum atomic E-state index is -3.80. The van der Waals surface area contributed by atoms with E-state index in [1.165, 1.54) is 4.31 Å². The quantitative estimate of drug-likeness (QED) is 0.787. The van der Waals surface area contributed by atoms with Crippen LogP contribution in [0.25, 0.3) is 0 Å².